The molecule has 0 aliphatic rings. The van der Waals surface area contributed by atoms with Crippen molar-refractivity contribution in [3.63, 3.8) is 0 Å². The molecule has 5 heteroatoms. The van der Waals surface area contributed by atoms with E-state index in [1.165, 1.54) is 276 Å². The van der Waals surface area contributed by atoms with Crippen LogP contribution >= 0.6 is 0 Å². The van der Waals surface area contributed by atoms with Gasteiger partial charge in [0.05, 0.1) is 6.61 Å². The van der Waals surface area contributed by atoms with Crippen molar-refractivity contribution < 1.29 is 24.2 Å². The maximum absolute atomic E-state index is 12.2. The monoisotopic (exact) mass is 891 g/mol. The molecule has 0 heterocycles. The molecule has 0 aromatic carbocycles. The highest BCUT2D eigenvalue weighted by Gasteiger charge is 2.16. The molecule has 0 fully saturated rings. The van der Waals surface area contributed by atoms with Crippen LogP contribution in [0.5, 0.6) is 0 Å². The third-order valence-electron chi connectivity index (χ3n) is 13.7. The topological polar surface area (TPSA) is 72.8 Å². The Balaban J connectivity index is 3.29. The lowest BCUT2D eigenvalue weighted by Gasteiger charge is -2.15. The molecule has 1 unspecified atom stereocenters. The molecule has 0 amide bonds. The SMILES string of the molecule is CCCCCCCCCCCCCCCCCCCCCCCCCCCCCCCCCCCCCCCCCC(=O)OC(CO)COC(=O)CCCCCCCCCCCC. The second kappa shape index (κ2) is 55.2. The van der Waals surface area contributed by atoms with Crippen LogP contribution in [0.25, 0.3) is 0 Å². The Labute approximate surface area is 395 Å². The Morgan fingerprint density at radius 1 is 0.302 bits per heavy atom. The van der Waals surface area contributed by atoms with Gasteiger partial charge in [-0.05, 0) is 12.8 Å². The number of unbranched alkanes of at least 4 members (excludes halogenated alkanes) is 47. The van der Waals surface area contributed by atoms with Gasteiger partial charge in [-0.1, -0.05) is 316 Å². The summed E-state index contributed by atoms with van der Waals surface area (Å²) in [5, 5.41) is 9.59. The molecule has 0 aromatic heterocycles. The highest BCUT2D eigenvalue weighted by molar-refractivity contribution is 5.70. The first-order valence-corrected chi connectivity index (χ1v) is 29.1. The van der Waals surface area contributed by atoms with E-state index in [9.17, 15) is 14.7 Å². The summed E-state index contributed by atoms with van der Waals surface area (Å²) in [6.07, 6.45) is 67.0. The van der Waals surface area contributed by atoms with Crippen LogP contribution < -0.4 is 0 Å². The smallest absolute Gasteiger partial charge is 0.306 e. The van der Waals surface area contributed by atoms with E-state index in [4.69, 9.17) is 9.47 Å². The van der Waals surface area contributed by atoms with Gasteiger partial charge in [0.2, 0.25) is 0 Å². The lowest BCUT2D eigenvalue weighted by molar-refractivity contribution is -0.161. The van der Waals surface area contributed by atoms with Crippen molar-refractivity contribution in [1.82, 2.24) is 0 Å². The summed E-state index contributed by atoms with van der Waals surface area (Å²) in [5.74, 6) is -0.572. The number of esters is 2. The van der Waals surface area contributed by atoms with E-state index < -0.39 is 6.10 Å². The second-order valence-corrected chi connectivity index (χ2v) is 20.1. The molecular weight excluding hydrogens is 777 g/mol. The molecule has 63 heavy (non-hydrogen) atoms. The lowest BCUT2D eigenvalue weighted by atomic mass is 10.0. The van der Waals surface area contributed by atoms with Crippen molar-refractivity contribution in [2.45, 2.75) is 347 Å². The molecule has 0 bridgehead atoms. The van der Waals surface area contributed by atoms with Gasteiger partial charge in [0.1, 0.15) is 6.61 Å². The van der Waals surface area contributed by atoms with Crippen molar-refractivity contribution >= 4 is 11.9 Å². The van der Waals surface area contributed by atoms with Crippen molar-refractivity contribution in [2.75, 3.05) is 13.2 Å². The molecule has 0 radical (unpaired) electrons. The van der Waals surface area contributed by atoms with Gasteiger partial charge in [0.25, 0.3) is 0 Å². The number of aliphatic hydroxyl groups is 1. The molecule has 0 rings (SSSR count). The standard InChI is InChI=1S/C58H114O5/c1-3-5-7-9-11-13-15-16-17-18-19-20-21-22-23-24-25-26-27-28-29-30-31-32-33-34-35-36-37-38-39-40-41-42-43-45-47-49-51-53-58(61)63-56(54-59)55-62-57(60)52-50-48-46-44-14-12-10-8-6-4-2/h56,59H,3-55H2,1-2H3. The zero-order valence-electron chi connectivity index (χ0n) is 43.1. The fourth-order valence-electron chi connectivity index (χ4n) is 9.27. The first-order chi connectivity index (χ1) is 31.1. The van der Waals surface area contributed by atoms with Crippen LogP contribution in [-0.4, -0.2) is 36.4 Å². The van der Waals surface area contributed by atoms with Gasteiger partial charge in [-0.15, -0.1) is 0 Å². The van der Waals surface area contributed by atoms with Crippen LogP contribution in [-0.2, 0) is 19.1 Å². The van der Waals surface area contributed by atoms with E-state index in [1.54, 1.807) is 0 Å². The highest BCUT2D eigenvalue weighted by atomic mass is 16.6. The Bertz CT molecular complexity index is 875. The summed E-state index contributed by atoms with van der Waals surface area (Å²) in [4.78, 5) is 24.3. The van der Waals surface area contributed by atoms with E-state index in [1.807, 2.05) is 0 Å². The van der Waals surface area contributed by atoms with E-state index in [-0.39, 0.29) is 25.2 Å². The molecule has 5 nitrogen and oxygen atoms in total. The third kappa shape index (κ3) is 53.4. The summed E-state index contributed by atoms with van der Waals surface area (Å²) in [6.45, 7) is 4.17. The minimum absolute atomic E-state index is 0.0570. The minimum atomic E-state index is -0.762. The number of aliphatic hydroxyl groups excluding tert-OH is 1. The van der Waals surface area contributed by atoms with Gasteiger partial charge in [0.15, 0.2) is 6.10 Å². The maximum Gasteiger partial charge on any atom is 0.306 e. The Kier molecular flexibility index (Phi) is 54.3. The number of hydrogen-bond donors (Lipinski definition) is 1. The van der Waals surface area contributed by atoms with Crippen LogP contribution in [0.2, 0.25) is 0 Å². The predicted molar refractivity (Wildman–Crippen MR) is 275 cm³/mol. The van der Waals surface area contributed by atoms with Gasteiger partial charge < -0.3 is 14.6 Å². The van der Waals surface area contributed by atoms with E-state index in [2.05, 4.69) is 13.8 Å². The van der Waals surface area contributed by atoms with Crippen molar-refractivity contribution in [1.29, 1.82) is 0 Å². The van der Waals surface area contributed by atoms with Gasteiger partial charge in [-0.3, -0.25) is 9.59 Å². The maximum atomic E-state index is 12.2. The molecule has 0 saturated heterocycles. The number of ether oxygens (including phenoxy) is 2. The summed E-state index contributed by atoms with van der Waals surface area (Å²) in [5.41, 5.74) is 0. The van der Waals surface area contributed by atoms with Crippen molar-refractivity contribution in [2.24, 2.45) is 0 Å². The molecule has 0 aliphatic carbocycles. The van der Waals surface area contributed by atoms with Gasteiger partial charge in [-0.2, -0.15) is 0 Å². The van der Waals surface area contributed by atoms with Crippen LogP contribution in [0.1, 0.15) is 341 Å². The van der Waals surface area contributed by atoms with Gasteiger partial charge in [-0.25, -0.2) is 0 Å². The van der Waals surface area contributed by atoms with Crippen LogP contribution in [0.15, 0.2) is 0 Å². The molecular formula is C58H114O5. The summed E-state index contributed by atoms with van der Waals surface area (Å²) in [7, 11) is 0. The zero-order chi connectivity index (χ0) is 45.6. The van der Waals surface area contributed by atoms with Crippen molar-refractivity contribution in [3.05, 3.63) is 0 Å². The number of hydrogen-bond acceptors (Lipinski definition) is 5. The van der Waals surface area contributed by atoms with E-state index in [0.29, 0.717) is 12.8 Å². The molecule has 0 saturated carbocycles. The fraction of sp³-hybridized carbons (Fsp3) is 0.966. The molecule has 1 N–H and O–H groups in total. The molecule has 0 spiro atoms. The molecule has 1 atom stereocenters. The predicted octanol–water partition coefficient (Wildman–Crippen LogP) is 19.4. The minimum Gasteiger partial charge on any atom is -0.462 e. The van der Waals surface area contributed by atoms with Gasteiger partial charge >= 0.3 is 11.9 Å². The molecule has 0 aromatic rings. The first kappa shape index (κ1) is 61.9. The van der Waals surface area contributed by atoms with Crippen molar-refractivity contribution in [3.8, 4) is 0 Å². The summed E-state index contributed by atoms with van der Waals surface area (Å²) >= 11 is 0. The third-order valence-corrected chi connectivity index (χ3v) is 13.7. The fourth-order valence-corrected chi connectivity index (χ4v) is 9.27. The number of carbonyl (C=O) groups excluding carboxylic acids is 2. The summed E-state index contributed by atoms with van der Waals surface area (Å²) < 4.78 is 10.6. The Hall–Kier alpha value is -1.10. The van der Waals surface area contributed by atoms with Gasteiger partial charge in [0, 0.05) is 12.8 Å². The van der Waals surface area contributed by atoms with E-state index in [0.717, 1.165) is 38.5 Å². The number of carbonyl (C=O) groups is 2. The van der Waals surface area contributed by atoms with E-state index >= 15 is 0 Å². The lowest BCUT2D eigenvalue weighted by Crippen LogP contribution is -2.28. The average Bonchev–Trinajstić information content (AvgIpc) is 3.29. The number of rotatable bonds is 55. The van der Waals surface area contributed by atoms with Crippen LogP contribution in [0.3, 0.4) is 0 Å². The zero-order valence-corrected chi connectivity index (χ0v) is 43.1. The Morgan fingerprint density at radius 2 is 0.492 bits per heavy atom. The van der Waals surface area contributed by atoms with Crippen LogP contribution in [0, 0.1) is 0 Å². The molecule has 376 valence electrons. The van der Waals surface area contributed by atoms with Crippen LogP contribution in [0.4, 0.5) is 0 Å². The highest BCUT2D eigenvalue weighted by Crippen LogP contribution is 2.18. The summed E-state index contributed by atoms with van der Waals surface area (Å²) in [6, 6.07) is 0. The Morgan fingerprint density at radius 3 is 0.698 bits per heavy atom. The average molecular weight is 892 g/mol. The quantitative estimate of drug-likeness (QED) is 0.0486. The second-order valence-electron chi connectivity index (χ2n) is 20.1. The normalized spacial score (nSPS) is 12.0. The molecule has 0 aliphatic heterocycles. The largest absolute Gasteiger partial charge is 0.462 e. The first-order valence-electron chi connectivity index (χ1n) is 29.1.